The van der Waals surface area contributed by atoms with Gasteiger partial charge in [-0.1, -0.05) is 0 Å². The number of amides is 1. The highest BCUT2D eigenvalue weighted by atomic mass is 16.3. The number of nitrogens with zero attached hydrogens (tertiary/aromatic N) is 4. The second kappa shape index (κ2) is 7.31. The average molecular weight is 328 g/mol. The number of aromatic nitrogens is 4. The van der Waals surface area contributed by atoms with E-state index < -0.39 is 0 Å². The van der Waals surface area contributed by atoms with Gasteiger partial charge in [-0.25, -0.2) is 19.9 Å². The molecule has 1 fully saturated rings. The maximum Gasteiger partial charge on any atom is 0.254 e. The Balaban J connectivity index is 1.52. The van der Waals surface area contributed by atoms with Crippen LogP contribution in [-0.4, -0.2) is 50.1 Å². The lowest BCUT2D eigenvalue weighted by Gasteiger charge is -2.35. The predicted octanol–water partition coefficient (Wildman–Crippen LogP) is 0.655. The van der Waals surface area contributed by atoms with Crippen molar-refractivity contribution in [2.24, 2.45) is 0 Å². The first-order valence-electron chi connectivity index (χ1n) is 7.92. The summed E-state index contributed by atoms with van der Waals surface area (Å²) in [4.78, 5) is 28.6. The number of carbonyl (C=O) groups excluding carboxylic acids is 1. The molecule has 1 amide bonds. The third-order valence-electron chi connectivity index (χ3n) is 4.04. The van der Waals surface area contributed by atoms with Crippen LogP contribution in [0.5, 0.6) is 0 Å². The van der Waals surface area contributed by atoms with Crippen molar-refractivity contribution in [2.75, 3.05) is 18.5 Å². The Hall–Kier alpha value is -2.61. The molecule has 3 N–H and O–H groups in total. The lowest BCUT2D eigenvalue weighted by atomic mass is 9.78. The topological polar surface area (TPSA) is 113 Å². The van der Waals surface area contributed by atoms with E-state index in [1.807, 2.05) is 6.07 Å². The largest absolute Gasteiger partial charge is 0.395 e. The molecular weight excluding hydrogens is 308 g/mol. The number of carbonyl (C=O) groups is 1. The molecular formula is C16H20N6O2. The van der Waals surface area contributed by atoms with Gasteiger partial charge in [-0.3, -0.25) is 4.79 Å². The van der Waals surface area contributed by atoms with Gasteiger partial charge in [0.05, 0.1) is 12.2 Å². The highest BCUT2D eigenvalue weighted by molar-refractivity contribution is 5.93. The summed E-state index contributed by atoms with van der Waals surface area (Å²) in [6.45, 7) is 2.29. The van der Waals surface area contributed by atoms with E-state index in [2.05, 4.69) is 30.6 Å². The minimum absolute atomic E-state index is 0.0552. The van der Waals surface area contributed by atoms with E-state index >= 15 is 0 Å². The lowest BCUT2D eigenvalue weighted by molar-refractivity contribution is 0.0907. The molecule has 0 unspecified atom stereocenters. The zero-order valence-electron chi connectivity index (χ0n) is 13.4. The summed E-state index contributed by atoms with van der Waals surface area (Å²) >= 11 is 0. The van der Waals surface area contributed by atoms with E-state index in [0.29, 0.717) is 29.7 Å². The molecule has 2 heterocycles. The van der Waals surface area contributed by atoms with Gasteiger partial charge in [0.1, 0.15) is 18.0 Å². The molecule has 0 spiro atoms. The summed E-state index contributed by atoms with van der Waals surface area (Å²) in [7, 11) is 0. The first kappa shape index (κ1) is 16.3. The van der Waals surface area contributed by atoms with Crippen LogP contribution in [0.15, 0.2) is 24.8 Å². The number of aryl methyl sites for hydroxylation is 1. The molecule has 0 atom stereocenters. The van der Waals surface area contributed by atoms with Crippen molar-refractivity contribution < 1.29 is 9.90 Å². The number of anilines is 1. The number of hydrogen-bond acceptors (Lipinski definition) is 7. The van der Waals surface area contributed by atoms with Crippen molar-refractivity contribution in [3.8, 4) is 0 Å². The Morgan fingerprint density at radius 3 is 2.71 bits per heavy atom. The highest BCUT2D eigenvalue weighted by Gasteiger charge is 2.32. The highest BCUT2D eigenvalue weighted by Crippen LogP contribution is 2.36. The average Bonchev–Trinajstić information content (AvgIpc) is 2.56. The first-order chi connectivity index (χ1) is 11.7. The summed E-state index contributed by atoms with van der Waals surface area (Å²) in [5.74, 6) is 1.51. The molecule has 3 rings (SSSR count). The van der Waals surface area contributed by atoms with Crippen LogP contribution in [0.3, 0.4) is 0 Å². The van der Waals surface area contributed by atoms with Gasteiger partial charge in [0, 0.05) is 42.7 Å². The molecule has 2 aromatic heterocycles. The van der Waals surface area contributed by atoms with Crippen LogP contribution >= 0.6 is 0 Å². The van der Waals surface area contributed by atoms with Crippen molar-refractivity contribution in [1.29, 1.82) is 0 Å². The van der Waals surface area contributed by atoms with E-state index in [0.717, 1.165) is 18.5 Å². The van der Waals surface area contributed by atoms with Crippen LogP contribution < -0.4 is 10.6 Å². The predicted molar refractivity (Wildman–Crippen MR) is 87.6 cm³/mol. The van der Waals surface area contributed by atoms with Gasteiger partial charge in [-0.15, -0.1) is 0 Å². The maximum atomic E-state index is 12.1. The minimum Gasteiger partial charge on any atom is -0.395 e. The van der Waals surface area contributed by atoms with Gasteiger partial charge in [0.2, 0.25) is 0 Å². The van der Waals surface area contributed by atoms with Crippen molar-refractivity contribution in [1.82, 2.24) is 25.3 Å². The molecule has 0 aliphatic heterocycles. The van der Waals surface area contributed by atoms with Crippen LogP contribution in [0.4, 0.5) is 5.82 Å². The number of aliphatic hydroxyl groups excluding tert-OH is 1. The number of nitrogens with one attached hydrogen (secondary N) is 2. The third kappa shape index (κ3) is 3.83. The van der Waals surface area contributed by atoms with E-state index in [9.17, 15) is 4.79 Å². The molecule has 0 radical (unpaired) electrons. The van der Waals surface area contributed by atoms with Crippen molar-refractivity contribution in [3.05, 3.63) is 41.9 Å². The molecule has 1 aliphatic rings. The zero-order valence-corrected chi connectivity index (χ0v) is 13.4. The molecule has 1 aliphatic carbocycles. The second-order valence-electron chi connectivity index (χ2n) is 5.84. The molecule has 8 nitrogen and oxygen atoms in total. The number of aliphatic hydroxyl groups is 1. The van der Waals surface area contributed by atoms with Crippen LogP contribution in [0.25, 0.3) is 0 Å². The van der Waals surface area contributed by atoms with E-state index in [-0.39, 0.29) is 18.6 Å². The molecule has 24 heavy (non-hydrogen) atoms. The number of hydrogen-bond donors (Lipinski definition) is 3. The SMILES string of the molecule is Cc1ncc(C(=O)NC2CC(c3cc(NCCO)ncn3)C2)cn1. The number of rotatable bonds is 6. The Kier molecular flexibility index (Phi) is 4.95. The van der Waals surface area contributed by atoms with Gasteiger partial charge in [0.25, 0.3) is 5.91 Å². The van der Waals surface area contributed by atoms with Gasteiger partial charge in [-0.2, -0.15) is 0 Å². The summed E-state index contributed by atoms with van der Waals surface area (Å²) in [6, 6.07) is 2.03. The van der Waals surface area contributed by atoms with Gasteiger partial charge < -0.3 is 15.7 Å². The molecule has 0 aromatic carbocycles. The Bertz CT molecular complexity index is 700. The molecule has 8 heteroatoms. The fourth-order valence-corrected chi connectivity index (χ4v) is 2.63. The quantitative estimate of drug-likeness (QED) is 0.713. The van der Waals surface area contributed by atoms with Gasteiger partial charge >= 0.3 is 0 Å². The van der Waals surface area contributed by atoms with Crippen LogP contribution in [-0.2, 0) is 0 Å². The third-order valence-corrected chi connectivity index (χ3v) is 4.04. The molecule has 0 bridgehead atoms. The maximum absolute atomic E-state index is 12.1. The van der Waals surface area contributed by atoms with Gasteiger partial charge in [-0.05, 0) is 19.8 Å². The molecule has 126 valence electrons. The van der Waals surface area contributed by atoms with Crippen molar-refractivity contribution >= 4 is 11.7 Å². The molecule has 0 saturated heterocycles. The zero-order chi connectivity index (χ0) is 16.9. The fourth-order valence-electron chi connectivity index (χ4n) is 2.63. The van der Waals surface area contributed by atoms with Crippen LogP contribution in [0, 0.1) is 6.92 Å². The Morgan fingerprint density at radius 2 is 2.00 bits per heavy atom. The second-order valence-corrected chi connectivity index (χ2v) is 5.84. The van der Waals surface area contributed by atoms with Crippen molar-refractivity contribution in [3.63, 3.8) is 0 Å². The molecule has 2 aromatic rings. The van der Waals surface area contributed by atoms with Gasteiger partial charge in [0.15, 0.2) is 0 Å². The smallest absolute Gasteiger partial charge is 0.254 e. The molecule has 1 saturated carbocycles. The van der Waals surface area contributed by atoms with Crippen LogP contribution in [0.1, 0.15) is 40.6 Å². The first-order valence-corrected chi connectivity index (χ1v) is 7.92. The monoisotopic (exact) mass is 328 g/mol. The minimum atomic E-state index is -0.147. The van der Waals surface area contributed by atoms with Crippen molar-refractivity contribution in [2.45, 2.75) is 31.7 Å². The Labute approximate surface area is 139 Å². The normalized spacial score (nSPS) is 19.4. The Morgan fingerprint density at radius 1 is 1.25 bits per heavy atom. The summed E-state index contributed by atoms with van der Waals surface area (Å²) in [6.07, 6.45) is 6.28. The standard InChI is InChI=1S/C16H20N6O2/c1-10-18-7-12(8-19-10)16(24)22-13-4-11(5-13)14-6-15(17-2-3-23)21-9-20-14/h6-9,11,13,23H,2-5H2,1H3,(H,22,24)(H,17,20,21). The van der Waals surface area contributed by atoms with Crippen LogP contribution in [0.2, 0.25) is 0 Å². The summed E-state index contributed by atoms with van der Waals surface area (Å²) in [5, 5.41) is 14.8. The van der Waals surface area contributed by atoms with E-state index in [1.54, 1.807) is 6.92 Å². The van der Waals surface area contributed by atoms with E-state index in [1.165, 1.54) is 18.7 Å². The summed E-state index contributed by atoms with van der Waals surface area (Å²) in [5.41, 5.74) is 1.43. The lowest BCUT2D eigenvalue weighted by Crippen LogP contribution is -2.43. The fraction of sp³-hybridized carbons (Fsp3) is 0.438. The summed E-state index contributed by atoms with van der Waals surface area (Å²) < 4.78 is 0. The van der Waals surface area contributed by atoms with E-state index in [4.69, 9.17) is 5.11 Å².